The molecule has 2 rings (SSSR count). The minimum atomic E-state index is -3.90. The molecule has 0 aliphatic rings. The van der Waals surface area contributed by atoms with Crippen LogP contribution in [-0.4, -0.2) is 63.6 Å². The van der Waals surface area contributed by atoms with Crippen LogP contribution in [0.4, 0.5) is 5.69 Å². The lowest BCUT2D eigenvalue weighted by molar-refractivity contribution is -0.115. The zero-order valence-electron chi connectivity index (χ0n) is 19.4. The largest absolute Gasteiger partial charge is 0.491 e. The molecule has 0 aliphatic heterocycles. The van der Waals surface area contributed by atoms with Crippen molar-refractivity contribution >= 4 is 32.0 Å². The van der Waals surface area contributed by atoms with Gasteiger partial charge in [-0.2, -0.15) is 8.42 Å². The lowest BCUT2D eigenvalue weighted by Gasteiger charge is -2.29. The van der Waals surface area contributed by atoms with Crippen molar-refractivity contribution in [1.82, 2.24) is 0 Å². The lowest BCUT2D eigenvalue weighted by atomic mass is 10.2. The summed E-state index contributed by atoms with van der Waals surface area (Å²) in [5, 5.41) is 12.5. The molecule has 0 fully saturated rings. The van der Waals surface area contributed by atoms with Crippen molar-refractivity contribution in [3.8, 4) is 5.75 Å². The fourth-order valence-electron chi connectivity index (χ4n) is 2.71. The van der Waals surface area contributed by atoms with E-state index in [4.69, 9.17) is 13.1 Å². The Labute approximate surface area is 197 Å². The highest BCUT2D eigenvalue weighted by Crippen LogP contribution is 2.45. The number of amides is 1. The molecule has 0 radical (unpaired) electrons. The van der Waals surface area contributed by atoms with Gasteiger partial charge in [0, 0.05) is 24.5 Å². The average molecular weight is 500 g/mol. The van der Waals surface area contributed by atoms with E-state index >= 15 is 0 Å². The van der Waals surface area contributed by atoms with Crippen LogP contribution in [0.3, 0.4) is 0 Å². The van der Waals surface area contributed by atoms with E-state index in [2.05, 4.69) is 5.32 Å². The summed E-state index contributed by atoms with van der Waals surface area (Å²) in [6, 6.07) is 13.2. The van der Waals surface area contributed by atoms with Crippen LogP contribution in [0.25, 0.3) is 0 Å². The number of hydrogen-bond donors (Lipinski definition) is 2. The molecule has 0 heterocycles. The number of aryl methyl sites for hydroxylation is 1. The second kappa shape index (κ2) is 12.4. The molecule has 1 unspecified atom stereocenters. The molecule has 0 saturated heterocycles. The zero-order chi connectivity index (χ0) is 24.5. The predicted octanol–water partition coefficient (Wildman–Crippen LogP) is 3.48. The summed E-state index contributed by atoms with van der Waals surface area (Å²) in [6.07, 6.45) is 2.84. The topological polar surface area (TPSA) is 111 Å². The SMILES string of the molecule is CCOCC(O)COc1ccc(NC(=O)CCS(C)(C)OS(=O)(=O)c2ccc(C)cc2)cc1. The number of aliphatic hydroxyl groups excluding tert-OH is 1. The van der Waals surface area contributed by atoms with Crippen LogP contribution in [0.15, 0.2) is 53.4 Å². The minimum Gasteiger partial charge on any atom is -0.491 e. The van der Waals surface area contributed by atoms with Crippen LogP contribution in [0, 0.1) is 6.92 Å². The van der Waals surface area contributed by atoms with Gasteiger partial charge in [0.1, 0.15) is 18.5 Å². The number of nitrogens with one attached hydrogen (secondary N) is 1. The summed E-state index contributed by atoms with van der Waals surface area (Å²) >= 11 is 0. The number of aliphatic hydroxyl groups is 1. The molecule has 33 heavy (non-hydrogen) atoms. The molecule has 0 bridgehead atoms. The number of carbonyl (C=O) groups is 1. The second-order valence-corrected chi connectivity index (χ2v) is 13.1. The number of benzene rings is 2. The average Bonchev–Trinajstić information content (AvgIpc) is 2.75. The summed E-state index contributed by atoms with van der Waals surface area (Å²) in [5.41, 5.74) is 1.54. The van der Waals surface area contributed by atoms with Gasteiger partial charge in [0.25, 0.3) is 0 Å². The van der Waals surface area contributed by atoms with Gasteiger partial charge >= 0.3 is 10.1 Å². The van der Waals surface area contributed by atoms with Crippen molar-refractivity contribution < 1.29 is 31.4 Å². The number of carbonyl (C=O) groups excluding carboxylic acids is 1. The first-order chi connectivity index (χ1) is 15.5. The van der Waals surface area contributed by atoms with Crippen molar-refractivity contribution in [2.24, 2.45) is 0 Å². The van der Waals surface area contributed by atoms with E-state index in [1.165, 1.54) is 12.1 Å². The van der Waals surface area contributed by atoms with Gasteiger partial charge in [0.2, 0.25) is 5.91 Å². The third-order valence-corrected chi connectivity index (χ3v) is 8.73. The van der Waals surface area contributed by atoms with Crippen LogP contribution >= 0.6 is 10.3 Å². The first kappa shape index (κ1) is 27.1. The fraction of sp³-hybridized carbons (Fsp3) is 0.435. The zero-order valence-corrected chi connectivity index (χ0v) is 21.1. The van der Waals surface area contributed by atoms with E-state index in [0.29, 0.717) is 23.8 Å². The van der Waals surface area contributed by atoms with Gasteiger partial charge < -0.3 is 19.9 Å². The molecular weight excluding hydrogens is 466 g/mol. The molecule has 0 aliphatic carbocycles. The summed E-state index contributed by atoms with van der Waals surface area (Å²) < 4.78 is 41.2. The molecule has 1 atom stereocenters. The maximum absolute atomic E-state index is 12.5. The van der Waals surface area contributed by atoms with Crippen molar-refractivity contribution in [2.45, 2.75) is 31.3 Å². The highest BCUT2D eigenvalue weighted by molar-refractivity contribution is 8.32. The Hall–Kier alpha value is -2.11. The van der Waals surface area contributed by atoms with E-state index in [9.17, 15) is 18.3 Å². The Balaban J connectivity index is 1.82. The first-order valence-electron chi connectivity index (χ1n) is 10.5. The van der Waals surface area contributed by atoms with Gasteiger partial charge in [-0.3, -0.25) is 4.79 Å². The number of anilines is 1. The van der Waals surface area contributed by atoms with Crippen molar-refractivity contribution in [2.75, 3.05) is 43.4 Å². The van der Waals surface area contributed by atoms with Crippen molar-refractivity contribution in [3.63, 3.8) is 0 Å². The van der Waals surface area contributed by atoms with Crippen LogP contribution in [-0.2, 0) is 23.3 Å². The summed E-state index contributed by atoms with van der Waals surface area (Å²) in [4.78, 5) is 12.5. The Morgan fingerprint density at radius 2 is 1.67 bits per heavy atom. The highest BCUT2D eigenvalue weighted by Gasteiger charge is 2.25. The second-order valence-electron chi connectivity index (χ2n) is 7.92. The number of ether oxygens (including phenoxy) is 2. The van der Waals surface area contributed by atoms with E-state index in [1.54, 1.807) is 48.9 Å². The van der Waals surface area contributed by atoms with Gasteiger partial charge in [-0.05, 0) is 62.8 Å². The van der Waals surface area contributed by atoms with Crippen molar-refractivity contribution in [1.29, 1.82) is 0 Å². The molecule has 10 heteroatoms. The minimum absolute atomic E-state index is 0.103. The monoisotopic (exact) mass is 499 g/mol. The molecule has 184 valence electrons. The van der Waals surface area contributed by atoms with Gasteiger partial charge in [-0.15, -0.1) is 10.3 Å². The molecule has 2 aromatic rings. The summed E-state index contributed by atoms with van der Waals surface area (Å²) in [7, 11) is -5.91. The van der Waals surface area contributed by atoms with Gasteiger partial charge in [0.15, 0.2) is 0 Å². The Morgan fingerprint density at radius 3 is 2.27 bits per heavy atom. The third-order valence-electron chi connectivity index (χ3n) is 4.50. The van der Waals surface area contributed by atoms with E-state index in [1.807, 2.05) is 13.8 Å². The van der Waals surface area contributed by atoms with Crippen LogP contribution < -0.4 is 10.1 Å². The van der Waals surface area contributed by atoms with Gasteiger partial charge in [-0.1, -0.05) is 17.7 Å². The number of hydrogen-bond acceptors (Lipinski definition) is 7. The maximum atomic E-state index is 12.5. The highest BCUT2D eigenvalue weighted by atomic mass is 32.3. The maximum Gasteiger partial charge on any atom is 0.306 e. The van der Waals surface area contributed by atoms with Crippen LogP contribution in [0.5, 0.6) is 5.75 Å². The van der Waals surface area contributed by atoms with E-state index in [-0.39, 0.29) is 30.4 Å². The predicted molar refractivity (Wildman–Crippen MR) is 131 cm³/mol. The Bertz CT molecular complexity index is 990. The quantitative estimate of drug-likeness (QED) is 0.434. The smallest absolute Gasteiger partial charge is 0.306 e. The summed E-state index contributed by atoms with van der Waals surface area (Å²) in [5.74, 6) is 0.611. The molecule has 1 amide bonds. The fourth-order valence-corrected chi connectivity index (χ4v) is 6.38. The van der Waals surface area contributed by atoms with E-state index < -0.39 is 26.5 Å². The number of rotatable bonds is 13. The molecular formula is C23H33NO7S2. The van der Waals surface area contributed by atoms with Gasteiger partial charge in [0.05, 0.1) is 11.5 Å². The van der Waals surface area contributed by atoms with Crippen LogP contribution in [0.2, 0.25) is 0 Å². The standard InChI is InChI=1S/C23H33NO7S2/c1-5-29-16-20(25)17-30-21-10-8-19(9-11-21)24-23(26)14-15-32(3,4)31-33(27,28)22-12-6-18(2)7-13-22/h6-13,20,25H,5,14-17H2,1-4H3,(H,24,26). The molecule has 0 aromatic heterocycles. The lowest BCUT2D eigenvalue weighted by Crippen LogP contribution is -2.23. The molecule has 2 N–H and O–H groups in total. The summed E-state index contributed by atoms with van der Waals surface area (Å²) in [6.45, 7) is 4.57. The first-order valence-corrected chi connectivity index (χ1v) is 14.5. The third kappa shape index (κ3) is 9.73. The van der Waals surface area contributed by atoms with E-state index in [0.717, 1.165) is 5.56 Å². The molecule has 0 saturated carbocycles. The van der Waals surface area contributed by atoms with Crippen molar-refractivity contribution in [3.05, 3.63) is 54.1 Å². The molecule has 2 aromatic carbocycles. The Morgan fingerprint density at radius 1 is 1.03 bits per heavy atom. The molecule has 8 nitrogen and oxygen atoms in total. The Kier molecular flexibility index (Phi) is 10.2. The van der Waals surface area contributed by atoms with Gasteiger partial charge in [-0.25, -0.2) is 3.63 Å². The van der Waals surface area contributed by atoms with Crippen LogP contribution in [0.1, 0.15) is 18.9 Å². The molecule has 0 spiro atoms. The normalized spacial score (nSPS) is 13.4.